The summed E-state index contributed by atoms with van der Waals surface area (Å²) in [4.78, 5) is 13.8. The topological polar surface area (TPSA) is 92.5 Å². The monoisotopic (exact) mass is 269 g/mol. The van der Waals surface area contributed by atoms with E-state index in [0.29, 0.717) is 10.5 Å². The average Bonchev–Trinajstić information content (AvgIpc) is 2.61. The molecule has 0 fully saturated rings. The number of hydrogen-bond donors (Lipinski definition) is 1. The quantitative estimate of drug-likeness (QED) is 0.841. The molecule has 0 saturated heterocycles. The number of carbonyl (C=O) groups is 1. The number of nitrogens with zero attached hydrogens (tertiary/aromatic N) is 3. The van der Waals surface area contributed by atoms with E-state index in [4.69, 9.17) is 5.11 Å². The highest BCUT2D eigenvalue weighted by molar-refractivity contribution is 7.87. The molecule has 0 aromatic carbocycles. The van der Waals surface area contributed by atoms with E-state index < -0.39 is 34.1 Å². The van der Waals surface area contributed by atoms with Gasteiger partial charge < -0.3 is 5.11 Å². The summed E-state index contributed by atoms with van der Waals surface area (Å²) in [6.07, 6.45) is -2.56. The van der Waals surface area contributed by atoms with Crippen LogP contribution < -0.4 is 0 Å². The molecule has 17 heavy (non-hydrogen) atoms. The summed E-state index contributed by atoms with van der Waals surface area (Å²) < 4.78 is 48.8. The second-order valence-electron chi connectivity index (χ2n) is 3.18. The standard InChI is InChI=1S/C7H9F2N3O4S/c1-11(2)17(15,16)12-3-4(5(8)9)10-6(12)7(13)14/h3,5H,1-2H3,(H,13,14). The smallest absolute Gasteiger partial charge is 0.373 e. The van der Waals surface area contributed by atoms with Crippen LogP contribution in [0.1, 0.15) is 22.7 Å². The molecular weight excluding hydrogens is 260 g/mol. The zero-order valence-electron chi connectivity index (χ0n) is 8.83. The summed E-state index contributed by atoms with van der Waals surface area (Å²) in [6, 6.07) is 0. The molecule has 1 N–H and O–H groups in total. The predicted octanol–water partition coefficient (Wildman–Crippen LogP) is 0.173. The molecule has 1 heterocycles. The van der Waals surface area contributed by atoms with Crippen LogP contribution in [0.2, 0.25) is 0 Å². The SMILES string of the molecule is CN(C)S(=O)(=O)n1cc(C(F)F)nc1C(=O)O. The number of aromatic nitrogens is 2. The maximum Gasteiger partial charge on any atom is 0.373 e. The van der Waals surface area contributed by atoms with Crippen LogP contribution in [0.4, 0.5) is 8.78 Å². The second-order valence-corrected chi connectivity index (χ2v) is 5.20. The first-order chi connectivity index (χ1) is 7.67. The van der Waals surface area contributed by atoms with Crippen LogP contribution in [-0.2, 0) is 10.2 Å². The second kappa shape index (κ2) is 4.37. The van der Waals surface area contributed by atoms with Gasteiger partial charge in [-0.05, 0) is 0 Å². The Bertz CT molecular complexity index is 537. The minimum atomic E-state index is -4.19. The van der Waals surface area contributed by atoms with E-state index in [1.165, 1.54) is 0 Å². The Balaban J connectivity index is 3.47. The number of imidazole rings is 1. The van der Waals surface area contributed by atoms with Crippen LogP contribution in [0.3, 0.4) is 0 Å². The van der Waals surface area contributed by atoms with Gasteiger partial charge in [0.25, 0.3) is 6.43 Å². The van der Waals surface area contributed by atoms with Gasteiger partial charge in [-0.3, -0.25) is 0 Å². The third kappa shape index (κ3) is 2.42. The van der Waals surface area contributed by atoms with Crippen molar-refractivity contribution < 1.29 is 27.1 Å². The van der Waals surface area contributed by atoms with Gasteiger partial charge in [0.15, 0.2) is 0 Å². The van der Waals surface area contributed by atoms with Gasteiger partial charge in [0.2, 0.25) is 5.82 Å². The molecule has 0 atom stereocenters. The van der Waals surface area contributed by atoms with E-state index in [9.17, 15) is 22.0 Å². The summed E-state index contributed by atoms with van der Waals surface area (Å²) in [5.74, 6) is -2.68. The van der Waals surface area contributed by atoms with Crippen LogP contribution in [0, 0.1) is 0 Å². The van der Waals surface area contributed by atoms with Crippen LogP contribution in [0.25, 0.3) is 0 Å². The molecule has 0 aliphatic carbocycles. The molecule has 96 valence electrons. The summed E-state index contributed by atoms with van der Waals surface area (Å²) >= 11 is 0. The predicted molar refractivity (Wildman–Crippen MR) is 52.1 cm³/mol. The van der Waals surface area contributed by atoms with Crippen LogP contribution >= 0.6 is 0 Å². The minimum absolute atomic E-state index is 0.205. The molecule has 0 aliphatic rings. The van der Waals surface area contributed by atoms with E-state index in [2.05, 4.69) is 4.98 Å². The van der Waals surface area contributed by atoms with Crippen molar-refractivity contribution in [3.8, 4) is 0 Å². The van der Waals surface area contributed by atoms with E-state index >= 15 is 0 Å². The van der Waals surface area contributed by atoms with Gasteiger partial charge in [-0.15, -0.1) is 0 Å². The fraction of sp³-hybridized carbons (Fsp3) is 0.429. The van der Waals surface area contributed by atoms with E-state index in [1.54, 1.807) is 0 Å². The molecule has 1 aromatic heterocycles. The van der Waals surface area contributed by atoms with Crippen molar-refractivity contribution in [3.05, 3.63) is 17.7 Å². The van der Waals surface area contributed by atoms with Crippen molar-refractivity contribution in [3.63, 3.8) is 0 Å². The van der Waals surface area contributed by atoms with Crippen molar-refractivity contribution >= 4 is 16.2 Å². The van der Waals surface area contributed by atoms with Gasteiger partial charge >= 0.3 is 16.2 Å². The molecule has 0 radical (unpaired) electrons. The Kier molecular flexibility index (Phi) is 3.48. The molecule has 1 rings (SSSR count). The van der Waals surface area contributed by atoms with E-state index in [0.717, 1.165) is 14.1 Å². The Hall–Kier alpha value is -1.55. The van der Waals surface area contributed by atoms with Crippen molar-refractivity contribution in [2.24, 2.45) is 0 Å². The van der Waals surface area contributed by atoms with Gasteiger partial charge in [0, 0.05) is 14.1 Å². The summed E-state index contributed by atoms with van der Waals surface area (Å²) in [5.41, 5.74) is -0.909. The lowest BCUT2D eigenvalue weighted by atomic mass is 10.5. The van der Waals surface area contributed by atoms with E-state index in [1.807, 2.05) is 0 Å². The highest BCUT2D eigenvalue weighted by atomic mass is 32.2. The van der Waals surface area contributed by atoms with Gasteiger partial charge in [-0.2, -0.15) is 12.7 Å². The zero-order chi connectivity index (χ0) is 13.4. The van der Waals surface area contributed by atoms with Crippen molar-refractivity contribution in [2.45, 2.75) is 6.43 Å². The molecule has 10 heteroatoms. The number of rotatable bonds is 4. The molecule has 0 aliphatic heterocycles. The van der Waals surface area contributed by atoms with Crippen molar-refractivity contribution in [2.75, 3.05) is 14.1 Å². The van der Waals surface area contributed by atoms with Gasteiger partial charge in [-0.25, -0.2) is 22.5 Å². The lowest BCUT2D eigenvalue weighted by Gasteiger charge is -2.12. The lowest BCUT2D eigenvalue weighted by molar-refractivity contribution is 0.0681. The molecule has 0 saturated carbocycles. The fourth-order valence-electron chi connectivity index (χ4n) is 0.981. The Morgan fingerprint density at radius 3 is 2.41 bits per heavy atom. The number of halogens is 2. The Morgan fingerprint density at radius 2 is 2.06 bits per heavy atom. The van der Waals surface area contributed by atoms with Crippen LogP contribution in [0.15, 0.2) is 6.20 Å². The van der Waals surface area contributed by atoms with Crippen molar-refractivity contribution in [1.82, 2.24) is 13.3 Å². The normalized spacial score (nSPS) is 12.4. The maximum atomic E-state index is 12.3. The Labute approximate surface area is 95.5 Å². The number of aromatic carboxylic acids is 1. The van der Waals surface area contributed by atoms with E-state index in [-0.39, 0.29) is 3.97 Å². The fourth-order valence-corrected chi connectivity index (χ4v) is 1.91. The summed E-state index contributed by atoms with van der Waals surface area (Å²) in [7, 11) is -1.91. The largest absolute Gasteiger partial charge is 0.475 e. The Morgan fingerprint density at radius 1 is 1.53 bits per heavy atom. The molecule has 7 nitrogen and oxygen atoms in total. The summed E-state index contributed by atoms with van der Waals surface area (Å²) in [5, 5.41) is 8.69. The highest BCUT2D eigenvalue weighted by Crippen LogP contribution is 2.19. The van der Waals surface area contributed by atoms with Gasteiger partial charge in [0.05, 0.1) is 6.20 Å². The summed E-state index contributed by atoms with van der Waals surface area (Å²) in [6.45, 7) is 0. The molecule has 0 bridgehead atoms. The minimum Gasteiger partial charge on any atom is -0.475 e. The maximum absolute atomic E-state index is 12.3. The first-order valence-corrected chi connectivity index (χ1v) is 5.61. The number of hydrogen-bond acceptors (Lipinski definition) is 4. The molecule has 0 spiro atoms. The van der Waals surface area contributed by atoms with Gasteiger partial charge in [0.1, 0.15) is 5.69 Å². The third-order valence-corrected chi connectivity index (χ3v) is 3.52. The van der Waals surface area contributed by atoms with Crippen LogP contribution in [-0.4, -0.2) is 46.9 Å². The molecular formula is C7H9F2N3O4S. The average molecular weight is 269 g/mol. The molecule has 0 unspecified atom stereocenters. The lowest BCUT2D eigenvalue weighted by Crippen LogP contribution is -2.30. The molecule has 0 amide bonds. The number of alkyl halides is 2. The van der Waals surface area contributed by atoms with Crippen LogP contribution in [0.5, 0.6) is 0 Å². The number of carboxylic acid groups (broad SMARTS) is 1. The zero-order valence-corrected chi connectivity index (χ0v) is 9.65. The first kappa shape index (κ1) is 13.5. The number of carboxylic acids is 1. The van der Waals surface area contributed by atoms with Gasteiger partial charge in [-0.1, -0.05) is 0 Å². The van der Waals surface area contributed by atoms with Crippen molar-refractivity contribution in [1.29, 1.82) is 0 Å². The third-order valence-electron chi connectivity index (χ3n) is 1.82. The first-order valence-electron chi connectivity index (χ1n) is 4.21. The molecule has 1 aromatic rings. The highest BCUT2D eigenvalue weighted by Gasteiger charge is 2.28.